The third-order valence-corrected chi connectivity index (χ3v) is 1.86. The normalized spacial score (nSPS) is 9.53. The largest absolute Gasteiger partial charge is 0.492 e. The van der Waals surface area contributed by atoms with Gasteiger partial charge in [0.25, 0.3) is 0 Å². The van der Waals surface area contributed by atoms with Crippen LogP contribution in [0.1, 0.15) is 17.3 Å². The van der Waals surface area contributed by atoms with Crippen molar-refractivity contribution in [2.75, 3.05) is 19.1 Å². The zero-order valence-corrected chi connectivity index (χ0v) is 8.74. The molecule has 0 bridgehead atoms. The van der Waals surface area contributed by atoms with Crippen molar-refractivity contribution in [1.29, 1.82) is 0 Å². The van der Waals surface area contributed by atoms with Crippen molar-refractivity contribution in [3.05, 3.63) is 23.8 Å². The highest BCUT2D eigenvalue weighted by atomic mass is 16.5. The summed E-state index contributed by atoms with van der Waals surface area (Å²) in [4.78, 5) is 11.2. The highest BCUT2D eigenvalue weighted by Crippen LogP contribution is 2.25. The Morgan fingerprint density at radius 3 is 2.80 bits per heavy atom. The summed E-state index contributed by atoms with van der Waals surface area (Å²) in [6.07, 6.45) is 0. The number of esters is 1. The van der Waals surface area contributed by atoms with Crippen LogP contribution in [0.5, 0.6) is 5.75 Å². The molecule has 0 heterocycles. The van der Waals surface area contributed by atoms with E-state index in [1.807, 2.05) is 6.92 Å². The van der Waals surface area contributed by atoms with Gasteiger partial charge in [0.2, 0.25) is 0 Å². The zero-order chi connectivity index (χ0) is 11.3. The summed E-state index contributed by atoms with van der Waals surface area (Å²) in [5, 5.41) is 0. The van der Waals surface area contributed by atoms with Gasteiger partial charge in [-0.15, -0.1) is 0 Å². The molecule has 1 aromatic rings. The molecule has 0 aromatic heterocycles. The number of anilines is 1. The molecule has 3 N–H and O–H groups in total. The Morgan fingerprint density at radius 2 is 2.27 bits per heavy atom. The van der Waals surface area contributed by atoms with E-state index in [9.17, 15) is 4.79 Å². The van der Waals surface area contributed by atoms with E-state index in [0.717, 1.165) is 0 Å². The maximum Gasteiger partial charge on any atom is 0.337 e. The molecule has 0 amide bonds. The number of rotatable bonds is 4. The molecule has 1 rings (SSSR count). The summed E-state index contributed by atoms with van der Waals surface area (Å²) in [5.74, 6) is 5.42. The second-order valence-electron chi connectivity index (χ2n) is 2.78. The average Bonchev–Trinajstić information content (AvgIpc) is 2.28. The quantitative estimate of drug-likeness (QED) is 0.443. The third kappa shape index (κ3) is 2.60. The van der Waals surface area contributed by atoms with Gasteiger partial charge in [-0.1, -0.05) is 0 Å². The standard InChI is InChI=1S/C10H14N2O3/c1-3-15-9-6-7(10(13)14-2)4-5-8(9)12-11/h4-6,12H,3,11H2,1-2H3. The number of nitrogen functional groups attached to an aromatic ring is 1. The van der Waals surface area contributed by atoms with Gasteiger partial charge in [0.1, 0.15) is 5.75 Å². The number of ether oxygens (including phenoxy) is 2. The molecule has 0 spiro atoms. The third-order valence-electron chi connectivity index (χ3n) is 1.86. The van der Waals surface area contributed by atoms with Gasteiger partial charge in [-0.3, -0.25) is 5.84 Å². The van der Waals surface area contributed by atoms with E-state index < -0.39 is 5.97 Å². The van der Waals surface area contributed by atoms with Crippen LogP contribution in [0, 0.1) is 0 Å². The highest BCUT2D eigenvalue weighted by Gasteiger charge is 2.09. The van der Waals surface area contributed by atoms with Crippen LogP contribution in [-0.4, -0.2) is 19.7 Å². The number of hydrazine groups is 1. The van der Waals surface area contributed by atoms with Crippen LogP contribution in [0.25, 0.3) is 0 Å². The van der Waals surface area contributed by atoms with E-state index in [2.05, 4.69) is 10.2 Å². The van der Waals surface area contributed by atoms with Gasteiger partial charge in [-0.05, 0) is 25.1 Å². The first-order valence-corrected chi connectivity index (χ1v) is 4.54. The molecule has 0 aliphatic rings. The Kier molecular flexibility index (Phi) is 3.93. The number of nitrogens with two attached hydrogens (primary N) is 1. The number of hydrogen-bond donors (Lipinski definition) is 2. The molecule has 0 unspecified atom stereocenters. The van der Waals surface area contributed by atoms with Crippen molar-refractivity contribution < 1.29 is 14.3 Å². The van der Waals surface area contributed by atoms with Crippen molar-refractivity contribution in [3.8, 4) is 5.75 Å². The van der Waals surface area contributed by atoms with Crippen LogP contribution in [-0.2, 0) is 4.74 Å². The summed E-state index contributed by atoms with van der Waals surface area (Å²) >= 11 is 0. The molecule has 1 aromatic carbocycles. The molecule has 0 fully saturated rings. The Morgan fingerprint density at radius 1 is 1.53 bits per heavy atom. The van der Waals surface area contributed by atoms with Crippen molar-refractivity contribution in [2.24, 2.45) is 5.84 Å². The lowest BCUT2D eigenvalue weighted by Gasteiger charge is -2.10. The summed E-state index contributed by atoms with van der Waals surface area (Å²) in [6.45, 7) is 2.35. The van der Waals surface area contributed by atoms with Crippen molar-refractivity contribution in [1.82, 2.24) is 0 Å². The maximum absolute atomic E-state index is 11.2. The summed E-state index contributed by atoms with van der Waals surface area (Å²) in [5.41, 5.74) is 3.55. The van der Waals surface area contributed by atoms with Crippen LogP contribution in [0.3, 0.4) is 0 Å². The SMILES string of the molecule is CCOc1cc(C(=O)OC)ccc1NN. The first kappa shape index (κ1) is 11.3. The lowest BCUT2D eigenvalue weighted by Crippen LogP contribution is -2.10. The van der Waals surface area contributed by atoms with E-state index in [1.165, 1.54) is 7.11 Å². The fourth-order valence-corrected chi connectivity index (χ4v) is 1.16. The van der Waals surface area contributed by atoms with Gasteiger partial charge in [0.05, 0.1) is 25.0 Å². The molecule has 82 valence electrons. The average molecular weight is 210 g/mol. The summed E-state index contributed by atoms with van der Waals surface area (Å²) < 4.78 is 9.91. The van der Waals surface area contributed by atoms with Crippen LogP contribution < -0.4 is 16.0 Å². The van der Waals surface area contributed by atoms with Crippen LogP contribution in [0.4, 0.5) is 5.69 Å². The molecule has 0 atom stereocenters. The second-order valence-corrected chi connectivity index (χ2v) is 2.78. The van der Waals surface area contributed by atoms with E-state index in [-0.39, 0.29) is 0 Å². The van der Waals surface area contributed by atoms with Crippen LogP contribution in [0.15, 0.2) is 18.2 Å². The van der Waals surface area contributed by atoms with E-state index in [1.54, 1.807) is 18.2 Å². The molecular weight excluding hydrogens is 196 g/mol. The fourth-order valence-electron chi connectivity index (χ4n) is 1.16. The van der Waals surface area contributed by atoms with E-state index in [4.69, 9.17) is 10.6 Å². The Balaban J connectivity index is 3.04. The maximum atomic E-state index is 11.2. The molecule has 0 saturated heterocycles. The molecule has 0 saturated carbocycles. The lowest BCUT2D eigenvalue weighted by atomic mass is 10.2. The van der Waals surface area contributed by atoms with Gasteiger partial charge in [0.15, 0.2) is 0 Å². The molecule has 0 aliphatic carbocycles. The topological polar surface area (TPSA) is 73.6 Å². The molecule has 5 heteroatoms. The Hall–Kier alpha value is -1.75. The Bertz CT molecular complexity index is 353. The summed E-state index contributed by atoms with van der Waals surface area (Å²) in [6, 6.07) is 4.87. The van der Waals surface area contributed by atoms with Gasteiger partial charge in [-0.2, -0.15) is 0 Å². The van der Waals surface area contributed by atoms with E-state index in [0.29, 0.717) is 23.6 Å². The van der Waals surface area contributed by atoms with Gasteiger partial charge >= 0.3 is 5.97 Å². The van der Waals surface area contributed by atoms with Crippen LogP contribution >= 0.6 is 0 Å². The minimum absolute atomic E-state index is 0.403. The number of methoxy groups -OCH3 is 1. The van der Waals surface area contributed by atoms with Crippen molar-refractivity contribution in [2.45, 2.75) is 6.92 Å². The predicted molar refractivity (Wildman–Crippen MR) is 56.8 cm³/mol. The van der Waals surface area contributed by atoms with E-state index >= 15 is 0 Å². The zero-order valence-electron chi connectivity index (χ0n) is 8.74. The van der Waals surface area contributed by atoms with Crippen molar-refractivity contribution >= 4 is 11.7 Å². The number of carbonyl (C=O) groups excluding carboxylic acids is 1. The number of nitrogens with one attached hydrogen (secondary N) is 1. The van der Waals surface area contributed by atoms with Gasteiger partial charge < -0.3 is 14.9 Å². The molecule has 0 radical (unpaired) electrons. The Labute approximate surface area is 88.1 Å². The minimum Gasteiger partial charge on any atom is -0.492 e. The first-order chi connectivity index (χ1) is 7.22. The predicted octanol–water partition coefficient (Wildman–Crippen LogP) is 1.16. The summed E-state index contributed by atoms with van der Waals surface area (Å²) in [7, 11) is 1.33. The van der Waals surface area contributed by atoms with Gasteiger partial charge in [0, 0.05) is 0 Å². The first-order valence-electron chi connectivity index (χ1n) is 4.54. The minimum atomic E-state index is -0.403. The van der Waals surface area contributed by atoms with Crippen molar-refractivity contribution in [3.63, 3.8) is 0 Å². The highest BCUT2D eigenvalue weighted by molar-refractivity contribution is 5.90. The molecule has 0 aliphatic heterocycles. The lowest BCUT2D eigenvalue weighted by molar-refractivity contribution is 0.0600. The molecular formula is C10H14N2O3. The number of benzene rings is 1. The molecule has 15 heavy (non-hydrogen) atoms. The van der Waals surface area contributed by atoms with Gasteiger partial charge in [-0.25, -0.2) is 4.79 Å². The number of hydrogen-bond acceptors (Lipinski definition) is 5. The fraction of sp³-hybridized carbons (Fsp3) is 0.300. The molecule has 5 nitrogen and oxygen atoms in total. The smallest absolute Gasteiger partial charge is 0.337 e. The monoisotopic (exact) mass is 210 g/mol. The second kappa shape index (κ2) is 5.21. The van der Waals surface area contributed by atoms with Crippen LogP contribution in [0.2, 0.25) is 0 Å². The number of carbonyl (C=O) groups is 1.